The molecule has 0 fully saturated rings. The molecule has 0 saturated heterocycles. The molecular formula is C23H20N6O6. The van der Waals surface area contributed by atoms with Gasteiger partial charge in [0.25, 0.3) is 5.56 Å². The Morgan fingerprint density at radius 2 is 1.83 bits per heavy atom. The first-order valence-corrected chi connectivity index (χ1v) is 10.8. The number of para-hydroxylation sites is 1. The number of nitrogens with one attached hydrogen (secondary N) is 1. The second kappa shape index (κ2) is 9.25. The zero-order valence-electron chi connectivity index (χ0n) is 18.6. The van der Waals surface area contributed by atoms with Gasteiger partial charge in [-0.2, -0.15) is 14.8 Å². The molecule has 4 aromatic rings. The minimum Gasteiger partial charge on any atom is -0.486 e. The largest absolute Gasteiger partial charge is 0.486 e. The highest BCUT2D eigenvalue weighted by atomic mass is 16.6. The fraction of sp³-hybridized carbons (Fsp3) is 0.217. The van der Waals surface area contributed by atoms with E-state index >= 15 is 0 Å². The fourth-order valence-electron chi connectivity index (χ4n) is 3.47. The molecule has 0 atom stereocenters. The molecule has 3 heterocycles. The van der Waals surface area contributed by atoms with E-state index in [0.717, 1.165) is 9.25 Å². The molecule has 0 aliphatic carbocycles. The summed E-state index contributed by atoms with van der Waals surface area (Å²) in [4.78, 5) is 41.8. The van der Waals surface area contributed by atoms with Crippen molar-refractivity contribution in [3.63, 3.8) is 0 Å². The Morgan fingerprint density at radius 1 is 1.06 bits per heavy atom. The quantitative estimate of drug-likeness (QED) is 0.436. The lowest BCUT2D eigenvalue weighted by molar-refractivity contribution is -0.116. The summed E-state index contributed by atoms with van der Waals surface area (Å²) in [5, 5.41) is 10.8. The lowest BCUT2D eigenvalue weighted by Gasteiger charge is -2.18. The van der Waals surface area contributed by atoms with Crippen LogP contribution in [0.25, 0.3) is 17.2 Å². The molecule has 12 heteroatoms. The van der Waals surface area contributed by atoms with Crippen molar-refractivity contribution < 1.29 is 18.8 Å². The average Bonchev–Trinajstić information content (AvgIpc) is 3.35. The molecule has 0 unspecified atom stereocenters. The predicted octanol–water partition coefficient (Wildman–Crippen LogP) is 1.32. The van der Waals surface area contributed by atoms with E-state index in [2.05, 4.69) is 20.6 Å². The molecule has 2 aromatic heterocycles. The van der Waals surface area contributed by atoms with Crippen LogP contribution in [0.4, 0.5) is 5.69 Å². The molecular weight excluding hydrogens is 456 g/mol. The second-order valence-electron chi connectivity index (χ2n) is 7.66. The van der Waals surface area contributed by atoms with Crippen LogP contribution in [0.2, 0.25) is 0 Å². The van der Waals surface area contributed by atoms with E-state index in [1.165, 1.54) is 7.05 Å². The lowest BCUT2D eigenvalue weighted by Crippen LogP contribution is -2.40. The van der Waals surface area contributed by atoms with Gasteiger partial charge in [-0.3, -0.25) is 14.2 Å². The van der Waals surface area contributed by atoms with E-state index in [-0.39, 0.29) is 36.2 Å². The minimum atomic E-state index is -0.661. The van der Waals surface area contributed by atoms with Gasteiger partial charge < -0.3 is 19.3 Å². The van der Waals surface area contributed by atoms with Gasteiger partial charge in [0.15, 0.2) is 17.2 Å². The first-order chi connectivity index (χ1) is 17.0. The third-order valence-corrected chi connectivity index (χ3v) is 5.25. The molecule has 1 aliphatic heterocycles. The number of amides is 1. The van der Waals surface area contributed by atoms with Gasteiger partial charge in [-0.15, -0.1) is 0 Å². The maximum absolute atomic E-state index is 12.6. The van der Waals surface area contributed by atoms with Gasteiger partial charge in [0.1, 0.15) is 13.2 Å². The van der Waals surface area contributed by atoms with Gasteiger partial charge in [0.2, 0.25) is 17.6 Å². The van der Waals surface area contributed by atoms with E-state index in [9.17, 15) is 14.4 Å². The van der Waals surface area contributed by atoms with Crippen LogP contribution in [0.1, 0.15) is 12.3 Å². The highest BCUT2D eigenvalue weighted by molar-refractivity contribution is 5.91. The summed E-state index contributed by atoms with van der Waals surface area (Å²) in [5.41, 5.74) is -0.364. The molecule has 0 saturated carbocycles. The highest BCUT2D eigenvalue weighted by Gasteiger charge is 2.20. The molecule has 0 bridgehead atoms. The van der Waals surface area contributed by atoms with Crippen molar-refractivity contribution in [1.29, 1.82) is 0 Å². The van der Waals surface area contributed by atoms with Crippen LogP contribution in [-0.2, 0) is 18.3 Å². The van der Waals surface area contributed by atoms with Crippen molar-refractivity contribution in [3.05, 3.63) is 75.3 Å². The monoisotopic (exact) mass is 476 g/mol. The number of hydrogen-bond acceptors (Lipinski definition) is 9. The standard InChI is InChI=1S/C23H20N6O6/c1-28-22(31)20(26-29(23(28)32)15-5-3-2-4-6-15)21-25-19(35-27-21)10-9-18(30)24-14-7-8-16-17(13-14)34-12-11-33-16/h2-8,13H,9-12H2,1H3,(H,24,30). The van der Waals surface area contributed by atoms with Gasteiger partial charge in [-0.1, -0.05) is 23.4 Å². The smallest absolute Gasteiger partial charge is 0.351 e. The fourth-order valence-corrected chi connectivity index (χ4v) is 3.47. The van der Waals surface area contributed by atoms with Crippen molar-refractivity contribution in [2.45, 2.75) is 12.8 Å². The zero-order valence-corrected chi connectivity index (χ0v) is 18.6. The maximum Gasteiger partial charge on any atom is 0.351 e. The summed E-state index contributed by atoms with van der Waals surface area (Å²) < 4.78 is 18.2. The van der Waals surface area contributed by atoms with Crippen molar-refractivity contribution in [2.75, 3.05) is 18.5 Å². The molecule has 12 nitrogen and oxygen atoms in total. The van der Waals surface area contributed by atoms with Crippen LogP contribution in [0.5, 0.6) is 11.5 Å². The summed E-state index contributed by atoms with van der Waals surface area (Å²) in [7, 11) is 1.35. The number of fused-ring (bicyclic) bond motifs is 1. The normalized spacial score (nSPS) is 12.4. The Hall–Kier alpha value is -4.74. The van der Waals surface area contributed by atoms with Gasteiger partial charge in [-0.25, -0.2) is 4.79 Å². The van der Waals surface area contributed by atoms with E-state index in [1.54, 1.807) is 48.5 Å². The number of carbonyl (C=O) groups excluding carboxylic acids is 1. The zero-order chi connectivity index (χ0) is 24.4. The van der Waals surface area contributed by atoms with Crippen molar-refractivity contribution in [2.24, 2.45) is 7.05 Å². The molecule has 1 amide bonds. The Kier molecular flexibility index (Phi) is 5.83. The molecule has 2 aromatic carbocycles. The van der Waals surface area contributed by atoms with Gasteiger partial charge in [0.05, 0.1) is 5.69 Å². The third kappa shape index (κ3) is 4.53. The summed E-state index contributed by atoms with van der Waals surface area (Å²) >= 11 is 0. The summed E-state index contributed by atoms with van der Waals surface area (Å²) in [6, 6.07) is 13.8. The van der Waals surface area contributed by atoms with Crippen molar-refractivity contribution in [3.8, 4) is 28.7 Å². The second-order valence-corrected chi connectivity index (χ2v) is 7.66. The first-order valence-electron chi connectivity index (χ1n) is 10.8. The maximum atomic E-state index is 12.6. The van der Waals surface area contributed by atoms with Gasteiger partial charge in [0, 0.05) is 31.6 Å². The van der Waals surface area contributed by atoms with Gasteiger partial charge in [-0.05, 0) is 24.3 Å². The van der Waals surface area contributed by atoms with Crippen molar-refractivity contribution in [1.82, 2.24) is 24.5 Å². The minimum absolute atomic E-state index is 0.0605. The van der Waals surface area contributed by atoms with E-state index in [0.29, 0.717) is 36.1 Å². The molecule has 1 aliphatic rings. The number of aromatic nitrogens is 5. The summed E-state index contributed by atoms with van der Waals surface area (Å²) in [5.74, 6) is 1.01. The van der Waals surface area contributed by atoms with E-state index in [1.807, 2.05) is 0 Å². The number of nitrogens with zero attached hydrogens (tertiary/aromatic N) is 5. The van der Waals surface area contributed by atoms with Crippen LogP contribution in [0, 0.1) is 0 Å². The average molecular weight is 476 g/mol. The van der Waals surface area contributed by atoms with Gasteiger partial charge >= 0.3 is 5.69 Å². The Labute approximate surface area is 197 Å². The van der Waals surface area contributed by atoms with Crippen LogP contribution < -0.4 is 26.0 Å². The predicted molar refractivity (Wildman–Crippen MR) is 123 cm³/mol. The number of anilines is 1. The van der Waals surface area contributed by atoms with Crippen LogP contribution in [0.15, 0.2) is 62.6 Å². The van der Waals surface area contributed by atoms with Crippen molar-refractivity contribution >= 4 is 11.6 Å². The molecule has 0 radical (unpaired) electrons. The topological polar surface area (TPSA) is 143 Å². The summed E-state index contributed by atoms with van der Waals surface area (Å²) in [6.07, 6.45) is 0.201. The Morgan fingerprint density at radius 3 is 2.63 bits per heavy atom. The number of rotatable bonds is 6. The van der Waals surface area contributed by atoms with E-state index in [4.69, 9.17) is 14.0 Å². The number of ether oxygens (including phenoxy) is 2. The van der Waals surface area contributed by atoms with Crippen LogP contribution in [0.3, 0.4) is 0 Å². The lowest BCUT2D eigenvalue weighted by atomic mass is 10.2. The first kappa shape index (κ1) is 22.1. The summed E-state index contributed by atoms with van der Waals surface area (Å²) in [6.45, 7) is 0.935. The Balaban J connectivity index is 1.30. The highest BCUT2D eigenvalue weighted by Crippen LogP contribution is 2.32. The third-order valence-electron chi connectivity index (χ3n) is 5.25. The van der Waals surface area contributed by atoms with Crippen LogP contribution in [-0.4, -0.2) is 43.6 Å². The Bertz CT molecular complexity index is 1510. The number of carbonyl (C=O) groups is 1. The molecule has 35 heavy (non-hydrogen) atoms. The SMILES string of the molecule is Cn1c(=O)c(-c2noc(CCC(=O)Nc3ccc4c(c3)OCCO4)n2)nn(-c2ccccc2)c1=O. The number of hydrogen-bond donors (Lipinski definition) is 1. The molecule has 178 valence electrons. The van der Waals surface area contributed by atoms with Crippen LogP contribution >= 0.6 is 0 Å². The molecule has 5 rings (SSSR count). The molecule has 1 N–H and O–H groups in total. The number of aryl methyl sites for hydroxylation is 1. The van der Waals surface area contributed by atoms with E-state index < -0.39 is 11.2 Å². The molecule has 0 spiro atoms. The number of benzene rings is 2.